The van der Waals surface area contributed by atoms with Crippen LogP contribution in [0.2, 0.25) is 5.02 Å². The first-order valence-corrected chi connectivity index (χ1v) is 11.4. The Bertz CT molecular complexity index is 1250. The van der Waals surface area contributed by atoms with Crippen molar-refractivity contribution in [3.63, 3.8) is 0 Å². The highest BCUT2D eigenvalue weighted by Gasteiger charge is 2.28. The van der Waals surface area contributed by atoms with Gasteiger partial charge in [-0.2, -0.15) is 0 Å². The Morgan fingerprint density at radius 1 is 1.18 bits per heavy atom. The van der Waals surface area contributed by atoms with Crippen molar-refractivity contribution in [2.75, 3.05) is 13.2 Å². The van der Waals surface area contributed by atoms with E-state index in [1.165, 1.54) is 18.3 Å². The van der Waals surface area contributed by atoms with Crippen molar-refractivity contribution < 1.29 is 28.7 Å². The molecule has 0 saturated heterocycles. The van der Waals surface area contributed by atoms with Gasteiger partial charge in [-0.05, 0) is 39.3 Å². The molecule has 33 heavy (non-hydrogen) atoms. The van der Waals surface area contributed by atoms with Crippen LogP contribution in [0.15, 0.2) is 24.3 Å². The minimum atomic E-state index is -1.13. The monoisotopic (exact) mass is 490 g/mol. The molecule has 1 amide bonds. The number of thiophene rings is 1. The molecule has 0 aliphatic carbocycles. The maximum absolute atomic E-state index is 12.8. The Hall–Kier alpha value is -3.17. The minimum Gasteiger partial charge on any atom is -0.462 e. The summed E-state index contributed by atoms with van der Waals surface area (Å²) in [7, 11) is 0. The summed E-state index contributed by atoms with van der Waals surface area (Å²) in [5.74, 6) is -2.33. The van der Waals surface area contributed by atoms with Gasteiger partial charge in [0.25, 0.3) is 5.91 Å². The topological polar surface area (TPSA) is 115 Å². The fraction of sp³-hybridized carbons (Fsp3) is 0.304. The number of carbonyl (C=O) groups is 4. The average molecular weight is 491 g/mol. The number of esters is 2. The third kappa shape index (κ3) is 5.09. The predicted molar refractivity (Wildman–Crippen MR) is 125 cm³/mol. The zero-order valence-electron chi connectivity index (χ0n) is 18.5. The Balaban J connectivity index is 1.62. The number of aryl methyl sites for hydroxylation is 1. The molecule has 2 aromatic heterocycles. The number of Topliss-reactive ketones (excluding diaryl/α,β-unsaturated/α-hetero) is 1. The van der Waals surface area contributed by atoms with Crippen molar-refractivity contribution in [1.29, 1.82) is 0 Å². The number of hydrogen-bond donors (Lipinski definition) is 2. The van der Waals surface area contributed by atoms with Crippen LogP contribution >= 0.6 is 22.9 Å². The lowest BCUT2D eigenvalue weighted by Crippen LogP contribution is -2.34. The van der Waals surface area contributed by atoms with Crippen molar-refractivity contribution in [2.24, 2.45) is 0 Å². The van der Waals surface area contributed by atoms with Gasteiger partial charge in [-0.3, -0.25) is 14.4 Å². The van der Waals surface area contributed by atoms with E-state index in [9.17, 15) is 19.2 Å². The first-order chi connectivity index (χ1) is 15.6. The molecule has 3 rings (SSSR count). The molecule has 1 aromatic carbocycles. The van der Waals surface area contributed by atoms with E-state index in [-0.39, 0.29) is 17.9 Å². The van der Waals surface area contributed by atoms with Crippen LogP contribution in [0, 0.1) is 13.8 Å². The second-order valence-corrected chi connectivity index (χ2v) is 8.70. The van der Waals surface area contributed by atoms with E-state index >= 15 is 0 Å². The lowest BCUT2D eigenvalue weighted by atomic mass is 10.1. The zero-order chi connectivity index (χ0) is 24.3. The summed E-state index contributed by atoms with van der Waals surface area (Å²) >= 11 is 7.50. The highest BCUT2D eigenvalue weighted by atomic mass is 35.5. The number of rotatable bonds is 8. The van der Waals surface area contributed by atoms with Gasteiger partial charge in [-0.15, -0.1) is 11.3 Å². The molecule has 1 atom stereocenters. The highest BCUT2D eigenvalue weighted by Crippen LogP contribution is 2.34. The van der Waals surface area contributed by atoms with Gasteiger partial charge < -0.3 is 19.8 Å². The second-order valence-electron chi connectivity index (χ2n) is 7.27. The Kier molecular flexibility index (Phi) is 7.55. The molecular weight excluding hydrogens is 468 g/mol. The molecule has 3 aromatic rings. The van der Waals surface area contributed by atoms with Gasteiger partial charge in [0.15, 0.2) is 6.10 Å². The summed E-state index contributed by atoms with van der Waals surface area (Å²) in [5, 5.41) is 3.55. The third-order valence-electron chi connectivity index (χ3n) is 4.98. The SMILES string of the molecule is CCOC(=O)c1c(C)[nH]c(C(=O)[C@H](C)OC(=O)CNC(=O)c2sc3ccccc3c2Cl)c1C. The van der Waals surface area contributed by atoms with Crippen LogP contribution < -0.4 is 5.32 Å². The van der Waals surface area contributed by atoms with Gasteiger partial charge in [0.05, 0.1) is 22.9 Å². The summed E-state index contributed by atoms with van der Waals surface area (Å²) < 4.78 is 11.1. The molecular formula is C23H23ClN2O6S. The van der Waals surface area contributed by atoms with Crippen LogP contribution in [0.1, 0.15) is 55.6 Å². The van der Waals surface area contributed by atoms with E-state index < -0.39 is 36.3 Å². The molecule has 2 N–H and O–H groups in total. The summed E-state index contributed by atoms with van der Waals surface area (Å²) in [6.45, 7) is 6.16. The van der Waals surface area contributed by atoms with Crippen molar-refractivity contribution in [2.45, 2.75) is 33.8 Å². The molecule has 0 bridgehead atoms. The standard InChI is InChI=1S/C23H23ClN2O6S/c1-5-31-23(30)17-11(2)19(26-12(17)3)20(28)13(4)32-16(27)10-25-22(29)21-18(24)14-8-6-7-9-15(14)33-21/h6-9,13,26H,5,10H2,1-4H3,(H,25,29)/t13-/m0/s1. The largest absolute Gasteiger partial charge is 0.462 e. The van der Waals surface area contributed by atoms with Gasteiger partial charge in [-0.25, -0.2) is 4.79 Å². The molecule has 174 valence electrons. The maximum Gasteiger partial charge on any atom is 0.340 e. The summed E-state index contributed by atoms with van der Waals surface area (Å²) in [4.78, 5) is 52.8. The van der Waals surface area contributed by atoms with Crippen molar-refractivity contribution in [1.82, 2.24) is 10.3 Å². The number of aromatic nitrogens is 1. The first-order valence-electron chi connectivity index (χ1n) is 10.2. The van der Waals surface area contributed by atoms with Crippen LogP contribution in [0.3, 0.4) is 0 Å². The predicted octanol–water partition coefficient (Wildman–Crippen LogP) is 4.22. The van der Waals surface area contributed by atoms with Gasteiger partial charge in [0.1, 0.15) is 11.4 Å². The lowest BCUT2D eigenvalue weighted by molar-refractivity contribution is -0.145. The smallest absolute Gasteiger partial charge is 0.340 e. The van der Waals surface area contributed by atoms with E-state index in [2.05, 4.69) is 10.3 Å². The number of ether oxygens (including phenoxy) is 2. The first kappa shape index (κ1) is 24.5. The average Bonchev–Trinajstić information content (AvgIpc) is 3.27. The lowest BCUT2D eigenvalue weighted by Gasteiger charge is -2.12. The minimum absolute atomic E-state index is 0.164. The molecule has 0 unspecified atom stereocenters. The Morgan fingerprint density at radius 2 is 1.88 bits per heavy atom. The van der Waals surface area contributed by atoms with E-state index in [1.54, 1.807) is 20.8 Å². The number of ketones is 1. The van der Waals surface area contributed by atoms with Crippen molar-refractivity contribution in [3.8, 4) is 0 Å². The van der Waals surface area contributed by atoms with Gasteiger partial charge >= 0.3 is 11.9 Å². The molecule has 10 heteroatoms. The maximum atomic E-state index is 12.8. The number of amides is 1. The fourth-order valence-corrected chi connectivity index (χ4v) is 4.83. The molecule has 0 fully saturated rings. The van der Waals surface area contributed by atoms with Gasteiger partial charge in [0.2, 0.25) is 5.78 Å². The highest BCUT2D eigenvalue weighted by molar-refractivity contribution is 7.21. The molecule has 2 heterocycles. The quantitative estimate of drug-likeness (QED) is 0.361. The van der Waals surface area contributed by atoms with Crippen LogP contribution in [-0.2, 0) is 14.3 Å². The molecule has 0 radical (unpaired) electrons. The molecule has 0 aliphatic rings. The normalized spacial score (nSPS) is 11.8. The van der Waals surface area contributed by atoms with Crippen LogP contribution in [0.5, 0.6) is 0 Å². The van der Waals surface area contributed by atoms with Gasteiger partial charge in [-0.1, -0.05) is 29.8 Å². The number of H-pyrrole nitrogens is 1. The second kappa shape index (κ2) is 10.2. The number of aromatic amines is 1. The molecule has 0 aliphatic heterocycles. The molecule has 0 saturated carbocycles. The van der Waals surface area contributed by atoms with Crippen LogP contribution in [0.25, 0.3) is 10.1 Å². The summed E-state index contributed by atoms with van der Waals surface area (Å²) in [5.41, 5.74) is 1.36. The number of halogens is 1. The van der Waals surface area contributed by atoms with Crippen LogP contribution in [0.4, 0.5) is 0 Å². The number of fused-ring (bicyclic) bond motifs is 1. The Morgan fingerprint density at radius 3 is 2.55 bits per heavy atom. The van der Waals surface area contributed by atoms with Crippen molar-refractivity contribution >= 4 is 56.7 Å². The van der Waals surface area contributed by atoms with E-state index in [0.29, 0.717) is 21.2 Å². The molecule has 0 spiro atoms. The van der Waals surface area contributed by atoms with E-state index in [4.69, 9.17) is 21.1 Å². The number of hydrogen-bond acceptors (Lipinski definition) is 7. The summed E-state index contributed by atoms with van der Waals surface area (Å²) in [6, 6.07) is 7.32. The Labute approximate surface area is 199 Å². The van der Waals surface area contributed by atoms with Crippen LogP contribution in [-0.4, -0.2) is 47.9 Å². The number of nitrogens with one attached hydrogen (secondary N) is 2. The zero-order valence-corrected chi connectivity index (χ0v) is 20.1. The van der Waals surface area contributed by atoms with E-state index in [1.807, 2.05) is 24.3 Å². The fourth-order valence-electron chi connectivity index (χ4n) is 3.39. The third-order valence-corrected chi connectivity index (χ3v) is 6.65. The van der Waals surface area contributed by atoms with Gasteiger partial charge in [0, 0.05) is 15.8 Å². The number of benzene rings is 1. The van der Waals surface area contributed by atoms with Crippen molar-refractivity contribution in [3.05, 3.63) is 56.7 Å². The molecule has 8 nitrogen and oxygen atoms in total. The van der Waals surface area contributed by atoms with E-state index in [0.717, 1.165) is 10.1 Å². The summed E-state index contributed by atoms with van der Waals surface area (Å²) in [6.07, 6.45) is -1.13. The number of carbonyl (C=O) groups excluding carboxylic acids is 4.